The van der Waals surface area contributed by atoms with Crippen LogP contribution in [0.5, 0.6) is 0 Å². The highest BCUT2D eigenvalue weighted by atomic mass is 15.1. The summed E-state index contributed by atoms with van der Waals surface area (Å²) >= 11 is 0. The van der Waals surface area contributed by atoms with E-state index in [-0.39, 0.29) is 6.42 Å². The summed E-state index contributed by atoms with van der Waals surface area (Å²) in [7, 11) is 1.91. The van der Waals surface area contributed by atoms with Crippen LogP contribution >= 0.6 is 0 Å². The maximum atomic E-state index is 9.00. The number of pyridine rings is 1. The molecule has 0 aliphatic heterocycles. The van der Waals surface area contributed by atoms with Gasteiger partial charge in [0, 0.05) is 12.7 Å². The first kappa shape index (κ1) is 13.3. The highest BCUT2D eigenvalue weighted by Crippen LogP contribution is 2.20. The van der Waals surface area contributed by atoms with Crippen LogP contribution in [0.15, 0.2) is 42.6 Å². The molecule has 0 aliphatic rings. The Hall–Kier alpha value is -2.71. The van der Waals surface area contributed by atoms with E-state index < -0.39 is 0 Å². The van der Waals surface area contributed by atoms with Gasteiger partial charge in [-0.1, -0.05) is 18.2 Å². The average molecular weight is 277 g/mol. The van der Waals surface area contributed by atoms with Gasteiger partial charge in [0.15, 0.2) is 0 Å². The summed E-state index contributed by atoms with van der Waals surface area (Å²) in [6.45, 7) is 0.781. The van der Waals surface area contributed by atoms with Crippen LogP contribution in [0.4, 0.5) is 0 Å². The Labute approximate surface area is 122 Å². The number of para-hydroxylation sites is 2. The summed E-state index contributed by atoms with van der Waals surface area (Å²) in [5.74, 6) is 1.50. The van der Waals surface area contributed by atoms with Crippen LogP contribution in [-0.2, 0) is 13.0 Å². The largest absolute Gasteiger partial charge is 0.316 e. The number of nitrogens with one attached hydrogen (secondary N) is 1. The molecule has 0 fully saturated rings. The Kier molecular flexibility index (Phi) is 3.63. The van der Waals surface area contributed by atoms with Crippen LogP contribution in [0.25, 0.3) is 16.9 Å². The number of hydrogen-bond acceptors (Lipinski definition) is 4. The number of fused-ring (bicyclic) bond motifs is 1. The van der Waals surface area contributed by atoms with Crippen LogP contribution in [0.2, 0.25) is 0 Å². The average Bonchev–Trinajstić information content (AvgIpc) is 2.87. The summed E-state index contributed by atoms with van der Waals surface area (Å²) in [6.07, 6.45) is 2.10. The zero-order valence-corrected chi connectivity index (χ0v) is 11.7. The molecule has 0 saturated heterocycles. The van der Waals surface area contributed by atoms with Gasteiger partial charge in [0.1, 0.15) is 11.6 Å². The fourth-order valence-electron chi connectivity index (χ4n) is 2.38. The molecule has 0 spiro atoms. The second-order valence-electron chi connectivity index (χ2n) is 4.74. The number of aromatic nitrogens is 3. The predicted octanol–water partition coefficient (Wildman–Crippen LogP) is 2.21. The summed E-state index contributed by atoms with van der Waals surface area (Å²) < 4.78 is 1.95. The molecule has 104 valence electrons. The van der Waals surface area contributed by atoms with Gasteiger partial charge in [-0.15, -0.1) is 0 Å². The van der Waals surface area contributed by atoms with Crippen molar-refractivity contribution in [1.29, 1.82) is 5.26 Å². The van der Waals surface area contributed by atoms with Crippen molar-refractivity contribution in [3.63, 3.8) is 0 Å². The molecule has 0 amide bonds. The van der Waals surface area contributed by atoms with Crippen molar-refractivity contribution in [2.45, 2.75) is 13.0 Å². The molecule has 0 aliphatic carbocycles. The van der Waals surface area contributed by atoms with E-state index >= 15 is 0 Å². The minimum absolute atomic E-state index is 0.259. The van der Waals surface area contributed by atoms with E-state index in [0.717, 1.165) is 29.0 Å². The van der Waals surface area contributed by atoms with Crippen molar-refractivity contribution in [2.75, 3.05) is 7.05 Å². The SMILES string of the molecule is CNCc1ccc(-n2c(CC#N)nc3ccccc32)nc1. The lowest BCUT2D eigenvalue weighted by Crippen LogP contribution is -2.07. The third kappa shape index (κ3) is 2.49. The van der Waals surface area contributed by atoms with Gasteiger partial charge in [-0.3, -0.25) is 4.57 Å². The molecule has 5 heteroatoms. The van der Waals surface area contributed by atoms with Crippen LogP contribution in [0.1, 0.15) is 11.4 Å². The third-order valence-corrected chi connectivity index (χ3v) is 3.29. The molecule has 2 heterocycles. The Morgan fingerprint density at radius 2 is 2.10 bits per heavy atom. The standard InChI is InChI=1S/C16H15N5/c1-18-10-12-6-7-15(19-11-12)21-14-5-3-2-4-13(14)20-16(21)8-9-17/h2-7,11,18H,8,10H2,1H3. The van der Waals surface area contributed by atoms with Crippen LogP contribution in [0.3, 0.4) is 0 Å². The maximum Gasteiger partial charge on any atom is 0.138 e. The molecule has 0 bridgehead atoms. The molecule has 0 radical (unpaired) electrons. The van der Waals surface area contributed by atoms with E-state index in [1.165, 1.54) is 0 Å². The molecule has 0 unspecified atom stereocenters. The van der Waals surface area contributed by atoms with Gasteiger partial charge < -0.3 is 5.32 Å². The number of imidazole rings is 1. The molecule has 21 heavy (non-hydrogen) atoms. The lowest BCUT2D eigenvalue weighted by atomic mass is 10.2. The molecule has 0 saturated carbocycles. The lowest BCUT2D eigenvalue weighted by molar-refractivity contribution is 0.809. The molecule has 0 atom stereocenters. The molecular weight excluding hydrogens is 262 g/mol. The first-order chi connectivity index (χ1) is 10.3. The van der Waals surface area contributed by atoms with Crippen LogP contribution in [0, 0.1) is 11.3 Å². The topological polar surface area (TPSA) is 66.5 Å². The molecule has 2 aromatic heterocycles. The van der Waals surface area contributed by atoms with Crippen LogP contribution in [-0.4, -0.2) is 21.6 Å². The zero-order chi connectivity index (χ0) is 14.7. The van der Waals surface area contributed by atoms with E-state index in [2.05, 4.69) is 21.4 Å². The van der Waals surface area contributed by atoms with E-state index in [1.807, 2.05) is 54.2 Å². The maximum absolute atomic E-state index is 9.00. The third-order valence-electron chi connectivity index (χ3n) is 3.29. The monoisotopic (exact) mass is 277 g/mol. The number of benzene rings is 1. The number of rotatable bonds is 4. The van der Waals surface area contributed by atoms with Crippen molar-refractivity contribution in [1.82, 2.24) is 19.9 Å². The van der Waals surface area contributed by atoms with Gasteiger partial charge in [0.2, 0.25) is 0 Å². The highest BCUT2D eigenvalue weighted by molar-refractivity contribution is 5.77. The normalized spacial score (nSPS) is 10.7. The van der Waals surface area contributed by atoms with Gasteiger partial charge in [-0.25, -0.2) is 9.97 Å². The summed E-state index contributed by atoms with van der Waals surface area (Å²) in [5.41, 5.74) is 2.97. The molecular formula is C16H15N5. The Morgan fingerprint density at radius 3 is 2.81 bits per heavy atom. The second kappa shape index (κ2) is 5.73. The van der Waals surface area contributed by atoms with Crippen molar-refractivity contribution < 1.29 is 0 Å². The lowest BCUT2D eigenvalue weighted by Gasteiger charge is -2.07. The van der Waals surface area contributed by atoms with E-state index in [9.17, 15) is 0 Å². The highest BCUT2D eigenvalue weighted by Gasteiger charge is 2.12. The molecule has 3 rings (SSSR count). The van der Waals surface area contributed by atoms with Gasteiger partial charge in [-0.2, -0.15) is 5.26 Å². The molecule has 1 N–H and O–H groups in total. The van der Waals surface area contributed by atoms with Gasteiger partial charge >= 0.3 is 0 Å². The Morgan fingerprint density at radius 1 is 1.24 bits per heavy atom. The van der Waals surface area contributed by atoms with Gasteiger partial charge in [0.05, 0.1) is 23.5 Å². The van der Waals surface area contributed by atoms with Crippen molar-refractivity contribution >= 4 is 11.0 Å². The Balaban J connectivity index is 2.13. The molecule has 5 nitrogen and oxygen atoms in total. The van der Waals surface area contributed by atoms with Crippen molar-refractivity contribution in [2.24, 2.45) is 0 Å². The van der Waals surface area contributed by atoms with E-state index in [1.54, 1.807) is 0 Å². The van der Waals surface area contributed by atoms with Crippen molar-refractivity contribution in [3.05, 3.63) is 54.0 Å². The quantitative estimate of drug-likeness (QED) is 0.794. The fourth-order valence-corrected chi connectivity index (χ4v) is 2.38. The first-order valence-electron chi connectivity index (χ1n) is 6.76. The number of nitrogens with zero attached hydrogens (tertiary/aromatic N) is 4. The van der Waals surface area contributed by atoms with Gasteiger partial charge in [-0.05, 0) is 30.8 Å². The summed E-state index contributed by atoms with van der Waals surface area (Å²) in [4.78, 5) is 9.03. The number of hydrogen-bond donors (Lipinski definition) is 1. The smallest absolute Gasteiger partial charge is 0.138 e. The fraction of sp³-hybridized carbons (Fsp3) is 0.188. The molecule has 3 aromatic rings. The summed E-state index contributed by atoms with van der Waals surface area (Å²) in [6, 6.07) is 14.0. The predicted molar refractivity (Wildman–Crippen MR) is 80.9 cm³/mol. The Bertz CT molecular complexity index is 796. The number of nitriles is 1. The van der Waals surface area contributed by atoms with Crippen LogP contribution < -0.4 is 5.32 Å². The first-order valence-corrected chi connectivity index (χ1v) is 6.76. The second-order valence-corrected chi connectivity index (χ2v) is 4.74. The van der Waals surface area contributed by atoms with E-state index in [4.69, 9.17) is 5.26 Å². The van der Waals surface area contributed by atoms with E-state index in [0.29, 0.717) is 5.82 Å². The minimum Gasteiger partial charge on any atom is -0.316 e. The zero-order valence-electron chi connectivity index (χ0n) is 11.7. The van der Waals surface area contributed by atoms with Crippen molar-refractivity contribution in [3.8, 4) is 11.9 Å². The minimum atomic E-state index is 0.259. The summed E-state index contributed by atoms with van der Waals surface area (Å²) in [5, 5.41) is 12.1. The molecule has 1 aromatic carbocycles. The van der Waals surface area contributed by atoms with Gasteiger partial charge in [0.25, 0.3) is 0 Å².